The molecule has 90 valence electrons. The zero-order valence-corrected chi connectivity index (χ0v) is 9.47. The Hall–Kier alpha value is -1.68. The zero-order chi connectivity index (χ0) is 12.3. The molecule has 1 saturated heterocycles. The molecule has 0 aromatic heterocycles. The number of hydrogen-bond donors (Lipinski definition) is 1. The first-order valence-corrected chi connectivity index (χ1v) is 5.64. The van der Waals surface area contributed by atoms with Gasteiger partial charge in [0.25, 0.3) is 0 Å². The van der Waals surface area contributed by atoms with Gasteiger partial charge >= 0.3 is 0 Å². The summed E-state index contributed by atoms with van der Waals surface area (Å²) >= 11 is 0. The lowest BCUT2D eigenvalue weighted by Gasteiger charge is -2.12. The van der Waals surface area contributed by atoms with Crippen LogP contribution in [0, 0.1) is 5.82 Å². The van der Waals surface area contributed by atoms with Crippen molar-refractivity contribution in [1.82, 2.24) is 4.90 Å². The van der Waals surface area contributed by atoms with E-state index in [0.717, 1.165) is 6.42 Å². The number of nitrogens with two attached hydrogens (primary N) is 1. The van der Waals surface area contributed by atoms with Gasteiger partial charge in [0.15, 0.2) is 0 Å². The predicted molar refractivity (Wildman–Crippen MR) is 64.6 cm³/mol. The Morgan fingerprint density at radius 2 is 2.24 bits per heavy atom. The summed E-state index contributed by atoms with van der Waals surface area (Å²) in [7, 11) is 0. The van der Waals surface area contributed by atoms with Gasteiger partial charge < -0.3 is 10.6 Å². The minimum absolute atomic E-state index is 0.0702. The van der Waals surface area contributed by atoms with E-state index in [1.807, 2.05) is 0 Å². The third-order valence-corrected chi connectivity index (χ3v) is 2.85. The highest BCUT2D eigenvalue weighted by Gasteiger charge is 2.21. The van der Waals surface area contributed by atoms with Crippen molar-refractivity contribution in [2.45, 2.75) is 12.5 Å². The molecule has 0 bridgehead atoms. The van der Waals surface area contributed by atoms with E-state index in [4.69, 9.17) is 5.73 Å². The quantitative estimate of drug-likeness (QED) is 0.786. The van der Waals surface area contributed by atoms with Gasteiger partial charge in [-0.15, -0.1) is 0 Å². The Labute approximate surface area is 99.7 Å². The van der Waals surface area contributed by atoms with Gasteiger partial charge in [-0.2, -0.15) is 0 Å². The van der Waals surface area contributed by atoms with Crippen molar-refractivity contribution < 1.29 is 9.18 Å². The molecule has 2 rings (SSSR count). The third-order valence-electron chi connectivity index (χ3n) is 2.85. The first-order chi connectivity index (χ1) is 8.16. The number of likely N-dealkylation sites (tertiary alicyclic amines) is 1. The van der Waals surface area contributed by atoms with Crippen molar-refractivity contribution in [3.05, 3.63) is 41.7 Å². The Balaban J connectivity index is 2.01. The van der Waals surface area contributed by atoms with Gasteiger partial charge in [-0.05, 0) is 18.6 Å². The van der Waals surface area contributed by atoms with Crippen molar-refractivity contribution in [3.63, 3.8) is 0 Å². The second-order valence-corrected chi connectivity index (χ2v) is 4.19. The number of carbonyl (C=O) groups excluding carboxylic acids is 1. The van der Waals surface area contributed by atoms with E-state index in [-0.39, 0.29) is 17.8 Å². The normalized spacial score (nSPS) is 20.1. The number of halogens is 1. The second-order valence-electron chi connectivity index (χ2n) is 4.19. The van der Waals surface area contributed by atoms with E-state index in [1.54, 1.807) is 23.1 Å². The van der Waals surface area contributed by atoms with Crippen molar-refractivity contribution in [1.29, 1.82) is 0 Å². The lowest BCUT2D eigenvalue weighted by Crippen LogP contribution is -2.30. The van der Waals surface area contributed by atoms with E-state index in [1.165, 1.54) is 18.2 Å². The highest BCUT2D eigenvalue weighted by Crippen LogP contribution is 2.11. The van der Waals surface area contributed by atoms with Crippen molar-refractivity contribution in [3.8, 4) is 0 Å². The van der Waals surface area contributed by atoms with Gasteiger partial charge in [0.2, 0.25) is 5.91 Å². The molecule has 1 amide bonds. The fraction of sp³-hybridized carbons (Fsp3) is 0.308. The number of carbonyl (C=O) groups is 1. The maximum absolute atomic E-state index is 13.3. The molecule has 1 aromatic rings. The molecule has 0 spiro atoms. The molecule has 3 nitrogen and oxygen atoms in total. The lowest BCUT2D eigenvalue weighted by atomic mass is 10.2. The van der Waals surface area contributed by atoms with E-state index in [9.17, 15) is 9.18 Å². The number of rotatable bonds is 2. The van der Waals surface area contributed by atoms with Crippen LogP contribution in [0.4, 0.5) is 4.39 Å². The summed E-state index contributed by atoms with van der Waals surface area (Å²) in [5.74, 6) is -0.434. The highest BCUT2D eigenvalue weighted by atomic mass is 19.1. The predicted octanol–water partition coefficient (Wildman–Crippen LogP) is 1.40. The van der Waals surface area contributed by atoms with Crippen LogP contribution in [-0.4, -0.2) is 29.9 Å². The minimum Gasteiger partial charge on any atom is -0.338 e. The molecule has 2 N–H and O–H groups in total. The van der Waals surface area contributed by atoms with Crippen LogP contribution in [0.5, 0.6) is 0 Å². The minimum atomic E-state index is -0.324. The van der Waals surface area contributed by atoms with E-state index in [0.29, 0.717) is 18.7 Å². The van der Waals surface area contributed by atoms with Gasteiger partial charge in [0.05, 0.1) is 0 Å². The maximum atomic E-state index is 13.3. The molecule has 0 radical (unpaired) electrons. The first-order valence-electron chi connectivity index (χ1n) is 5.64. The third kappa shape index (κ3) is 2.91. The van der Waals surface area contributed by atoms with Crippen LogP contribution in [0.25, 0.3) is 6.08 Å². The van der Waals surface area contributed by atoms with Gasteiger partial charge in [-0.1, -0.05) is 18.2 Å². The molecule has 0 aliphatic carbocycles. The summed E-state index contributed by atoms with van der Waals surface area (Å²) in [5.41, 5.74) is 6.14. The van der Waals surface area contributed by atoms with Crippen molar-refractivity contribution in [2.24, 2.45) is 5.73 Å². The monoisotopic (exact) mass is 234 g/mol. The standard InChI is InChI=1S/C13H15FN2O/c14-12-4-2-1-3-10(12)5-6-13(17)16-8-7-11(15)9-16/h1-6,11H,7-9,15H2/t11-/m1/s1. The Kier molecular flexibility index (Phi) is 3.54. The average Bonchev–Trinajstić information content (AvgIpc) is 2.74. The summed E-state index contributed by atoms with van der Waals surface area (Å²) in [6.45, 7) is 1.27. The molecule has 0 unspecified atom stereocenters. The fourth-order valence-corrected chi connectivity index (χ4v) is 1.86. The van der Waals surface area contributed by atoms with Gasteiger partial charge in [-0.3, -0.25) is 4.79 Å². The zero-order valence-electron chi connectivity index (χ0n) is 9.47. The van der Waals surface area contributed by atoms with Gasteiger partial charge in [-0.25, -0.2) is 4.39 Å². The molecular formula is C13H15FN2O. The molecule has 0 saturated carbocycles. The van der Waals surface area contributed by atoms with Crippen LogP contribution < -0.4 is 5.73 Å². The second kappa shape index (κ2) is 5.10. The Morgan fingerprint density at radius 3 is 2.88 bits per heavy atom. The lowest BCUT2D eigenvalue weighted by molar-refractivity contribution is -0.124. The average molecular weight is 234 g/mol. The van der Waals surface area contributed by atoms with Crippen LogP contribution in [-0.2, 0) is 4.79 Å². The van der Waals surface area contributed by atoms with Gasteiger partial charge in [0.1, 0.15) is 5.82 Å². The molecule has 1 aromatic carbocycles. The number of hydrogen-bond acceptors (Lipinski definition) is 2. The SMILES string of the molecule is N[C@@H]1CCN(C(=O)C=Cc2ccccc2F)C1. The molecule has 1 fully saturated rings. The molecule has 1 aliphatic rings. The van der Waals surface area contributed by atoms with Crippen LogP contribution in [0.1, 0.15) is 12.0 Å². The first kappa shape index (κ1) is 11.8. The summed E-state index contributed by atoms with van der Waals surface area (Å²) in [6, 6.07) is 6.43. The van der Waals surface area contributed by atoms with Gasteiger partial charge in [0, 0.05) is 30.8 Å². The van der Waals surface area contributed by atoms with E-state index < -0.39 is 0 Å². The fourth-order valence-electron chi connectivity index (χ4n) is 1.86. The number of amides is 1. The van der Waals surface area contributed by atoms with E-state index in [2.05, 4.69) is 0 Å². The molecule has 17 heavy (non-hydrogen) atoms. The summed E-state index contributed by atoms with van der Waals surface area (Å²) < 4.78 is 13.3. The molecule has 1 heterocycles. The Morgan fingerprint density at radius 1 is 1.47 bits per heavy atom. The smallest absolute Gasteiger partial charge is 0.246 e. The number of benzene rings is 1. The van der Waals surface area contributed by atoms with Crippen LogP contribution >= 0.6 is 0 Å². The summed E-state index contributed by atoms with van der Waals surface area (Å²) in [6.07, 6.45) is 3.73. The summed E-state index contributed by atoms with van der Waals surface area (Å²) in [5, 5.41) is 0. The highest BCUT2D eigenvalue weighted by molar-refractivity contribution is 5.92. The van der Waals surface area contributed by atoms with Crippen molar-refractivity contribution >= 4 is 12.0 Å². The molecule has 1 aliphatic heterocycles. The maximum Gasteiger partial charge on any atom is 0.246 e. The van der Waals surface area contributed by atoms with E-state index >= 15 is 0 Å². The molecule has 4 heteroatoms. The Bertz CT molecular complexity index is 445. The largest absolute Gasteiger partial charge is 0.338 e. The number of nitrogens with zero attached hydrogens (tertiary/aromatic N) is 1. The molecule has 1 atom stereocenters. The van der Waals surface area contributed by atoms with Crippen molar-refractivity contribution in [2.75, 3.05) is 13.1 Å². The van der Waals surface area contributed by atoms with Crippen LogP contribution in [0.2, 0.25) is 0 Å². The molecular weight excluding hydrogens is 219 g/mol. The van der Waals surface area contributed by atoms with Crippen LogP contribution in [0.15, 0.2) is 30.3 Å². The van der Waals surface area contributed by atoms with Crippen LogP contribution in [0.3, 0.4) is 0 Å². The topological polar surface area (TPSA) is 46.3 Å². The summed E-state index contributed by atoms with van der Waals surface area (Å²) in [4.78, 5) is 13.4.